The first-order valence-electron chi connectivity index (χ1n) is 18.6. The average Bonchev–Trinajstić information content (AvgIpc) is 3.60. The number of pyridine rings is 1. The molecule has 0 aliphatic carbocycles. The molecular formula is C41H54F3N5O6. The molecule has 300 valence electrons. The Morgan fingerprint density at radius 3 is 2.31 bits per heavy atom. The van der Waals surface area contributed by atoms with Gasteiger partial charge in [0.15, 0.2) is 0 Å². The molecule has 2 amide bonds. The lowest BCUT2D eigenvalue weighted by Gasteiger charge is -2.43. The fraction of sp³-hybridized carbons (Fsp3) is 0.488. The van der Waals surface area contributed by atoms with E-state index < -0.39 is 30.5 Å². The number of carbonyl (C=O) groups excluding carboxylic acids is 2. The highest BCUT2D eigenvalue weighted by atomic mass is 19.4. The largest absolute Gasteiger partial charge is 0.493 e. The quantitative estimate of drug-likeness (QED) is 0.110. The fourth-order valence-corrected chi connectivity index (χ4v) is 6.57. The highest BCUT2D eigenvalue weighted by Crippen LogP contribution is 2.33. The first kappa shape index (κ1) is 43.2. The van der Waals surface area contributed by atoms with E-state index >= 15 is 0 Å². The van der Waals surface area contributed by atoms with Gasteiger partial charge in [-0.2, -0.15) is 13.2 Å². The van der Waals surface area contributed by atoms with Crippen molar-refractivity contribution in [1.29, 1.82) is 0 Å². The Hall–Kier alpha value is -4.50. The number of amides is 2. The number of alkyl halides is 3. The van der Waals surface area contributed by atoms with Crippen LogP contribution in [0.15, 0.2) is 83.5 Å². The van der Waals surface area contributed by atoms with Crippen LogP contribution in [-0.4, -0.2) is 101 Å². The molecule has 4 aromatic rings. The van der Waals surface area contributed by atoms with Gasteiger partial charge in [-0.1, -0.05) is 48.5 Å². The van der Waals surface area contributed by atoms with Crippen LogP contribution in [0.4, 0.5) is 13.2 Å². The zero-order chi connectivity index (χ0) is 40.1. The summed E-state index contributed by atoms with van der Waals surface area (Å²) in [5.74, 6) is 1.31. The number of aromatic nitrogens is 1. The minimum atomic E-state index is -4.29. The number of fused-ring (bicyclic) bond motifs is 2. The molecule has 0 radical (unpaired) electrons. The first-order chi connectivity index (χ1) is 26.0. The molecule has 2 aliphatic rings. The number of para-hydroxylation sites is 1. The van der Waals surface area contributed by atoms with E-state index in [1.54, 1.807) is 20.0 Å². The van der Waals surface area contributed by atoms with Crippen LogP contribution in [0.1, 0.15) is 57.4 Å². The normalized spacial score (nSPS) is 16.2. The summed E-state index contributed by atoms with van der Waals surface area (Å²) < 4.78 is 44.6. The summed E-state index contributed by atoms with van der Waals surface area (Å²) in [5.41, 5.74) is 1.66. The van der Waals surface area contributed by atoms with Gasteiger partial charge in [-0.05, 0) is 82.7 Å². The van der Waals surface area contributed by atoms with E-state index in [-0.39, 0.29) is 17.9 Å². The minimum absolute atomic E-state index is 0.00743. The number of carbonyl (C=O) groups is 2. The molecule has 11 nitrogen and oxygen atoms in total. The predicted octanol–water partition coefficient (Wildman–Crippen LogP) is 5.44. The van der Waals surface area contributed by atoms with Crippen molar-refractivity contribution in [2.24, 2.45) is 5.92 Å². The number of rotatable bonds is 12. The van der Waals surface area contributed by atoms with Crippen molar-refractivity contribution < 1.29 is 42.1 Å². The van der Waals surface area contributed by atoms with Crippen LogP contribution in [0.3, 0.4) is 0 Å². The average molecular weight is 770 g/mol. The summed E-state index contributed by atoms with van der Waals surface area (Å²) in [6.45, 7) is 10.9. The number of nitrogens with zero attached hydrogens (tertiary/aromatic N) is 3. The molecule has 4 heterocycles. The summed E-state index contributed by atoms with van der Waals surface area (Å²) >= 11 is 0. The second-order valence-corrected chi connectivity index (χ2v) is 14.9. The summed E-state index contributed by atoms with van der Waals surface area (Å²) in [6.07, 6.45) is 1.81. The lowest BCUT2D eigenvalue weighted by atomic mass is 9.92. The van der Waals surface area contributed by atoms with Gasteiger partial charge < -0.3 is 30.0 Å². The number of aryl methyl sites for hydroxylation is 1. The maximum Gasteiger partial charge on any atom is 0.405 e. The van der Waals surface area contributed by atoms with Gasteiger partial charge in [-0.25, -0.2) is 0 Å². The lowest BCUT2D eigenvalue weighted by molar-refractivity contribution is -0.132. The van der Waals surface area contributed by atoms with Crippen molar-refractivity contribution in [1.82, 2.24) is 25.4 Å². The van der Waals surface area contributed by atoms with Gasteiger partial charge in [0.25, 0.3) is 0 Å². The molecule has 0 saturated carbocycles. The predicted molar refractivity (Wildman–Crippen MR) is 204 cm³/mol. The number of aliphatic hydroxyl groups is 2. The van der Waals surface area contributed by atoms with Crippen molar-refractivity contribution in [3.8, 4) is 5.75 Å². The van der Waals surface area contributed by atoms with E-state index in [2.05, 4.69) is 52.1 Å². The van der Waals surface area contributed by atoms with Crippen LogP contribution in [0.2, 0.25) is 0 Å². The Kier molecular flexibility index (Phi) is 15.6. The maximum absolute atomic E-state index is 12.9. The molecule has 14 heteroatoms. The van der Waals surface area contributed by atoms with Gasteiger partial charge in [0.05, 0.1) is 18.2 Å². The second-order valence-electron chi connectivity index (χ2n) is 14.9. The lowest BCUT2D eigenvalue weighted by Crippen LogP contribution is -2.54. The van der Waals surface area contributed by atoms with E-state index in [0.717, 1.165) is 67.2 Å². The molecule has 2 aromatic carbocycles. The maximum atomic E-state index is 12.9. The Bertz CT molecular complexity index is 1710. The minimum Gasteiger partial charge on any atom is -0.493 e. The number of furan rings is 1. The van der Waals surface area contributed by atoms with Crippen molar-refractivity contribution in [3.63, 3.8) is 0 Å². The number of halogens is 3. The number of β-amino-alcohol motifs (C(OH)–C–C–N with tert-alkyl or cyclic N) is 1. The van der Waals surface area contributed by atoms with Crippen LogP contribution in [0, 0.1) is 5.92 Å². The van der Waals surface area contributed by atoms with E-state index in [9.17, 15) is 33.0 Å². The standard InChI is InChI=1S/C29H40N4O4.C9H10O.C3H4F3NO/c1-28(2,26-18-23-19-30-11-10-25(23)37-26)33-14-12-32(13-15-33)20-24(34)17-22(27(35)31-29(3,4)36)16-21-8-6-5-7-9-21;1-2-6-9-8(4-1)5-3-7-10-9;4-3(5,6)1-7-2-8/h5-11,18-19,22,24,34,36H,12-17,20H2,1-4H3,(H,31,35);1-2,4,6H,3,5,7H2;2H,1H2,(H,7,8)/t22-,24?;;/m1../s1. The Morgan fingerprint density at radius 2 is 1.69 bits per heavy atom. The monoisotopic (exact) mass is 769 g/mol. The van der Waals surface area contributed by atoms with Gasteiger partial charge in [0, 0.05) is 56.4 Å². The summed E-state index contributed by atoms with van der Waals surface area (Å²) in [6, 6.07) is 22.0. The number of hydrogen-bond acceptors (Lipinski definition) is 9. The number of hydrogen-bond donors (Lipinski definition) is 4. The van der Waals surface area contributed by atoms with Gasteiger partial charge in [-0.15, -0.1) is 0 Å². The Labute approximate surface area is 320 Å². The summed E-state index contributed by atoms with van der Waals surface area (Å²) in [4.78, 5) is 31.0. The van der Waals surface area contributed by atoms with Gasteiger partial charge in [-0.3, -0.25) is 24.4 Å². The zero-order valence-electron chi connectivity index (χ0n) is 32.0. The van der Waals surface area contributed by atoms with E-state index in [1.165, 1.54) is 17.3 Å². The van der Waals surface area contributed by atoms with Crippen molar-refractivity contribution >= 4 is 23.3 Å². The molecule has 1 saturated heterocycles. The molecule has 2 atom stereocenters. The molecule has 0 bridgehead atoms. The molecule has 4 N–H and O–H groups in total. The molecule has 0 spiro atoms. The highest BCUT2D eigenvalue weighted by molar-refractivity contribution is 5.79. The molecular weight excluding hydrogens is 715 g/mol. The third-order valence-corrected chi connectivity index (χ3v) is 9.44. The number of aliphatic hydroxyl groups excluding tert-OH is 1. The van der Waals surface area contributed by atoms with Crippen molar-refractivity contribution in [2.75, 3.05) is 45.9 Å². The molecule has 2 aliphatic heterocycles. The number of piperazine rings is 1. The van der Waals surface area contributed by atoms with Crippen molar-refractivity contribution in [3.05, 3.63) is 96.0 Å². The second kappa shape index (κ2) is 19.9. The third kappa shape index (κ3) is 14.3. The topological polar surface area (TPSA) is 140 Å². The highest BCUT2D eigenvalue weighted by Gasteiger charge is 2.35. The van der Waals surface area contributed by atoms with Crippen LogP contribution in [0.25, 0.3) is 11.0 Å². The first-order valence-corrected chi connectivity index (χ1v) is 18.6. The van der Waals surface area contributed by atoms with Crippen LogP contribution in [0.5, 0.6) is 5.75 Å². The SMILES string of the molecule is CC(C)(O)NC(=O)[C@H](Cc1ccccc1)CC(O)CN1CCN(C(C)(C)c2cc3cnccc3o2)CC1.O=CNCC(F)(F)F.c1ccc2c(c1)CCCO2. The van der Waals surface area contributed by atoms with Crippen LogP contribution >= 0.6 is 0 Å². The van der Waals surface area contributed by atoms with E-state index in [4.69, 9.17) is 9.15 Å². The summed E-state index contributed by atoms with van der Waals surface area (Å²) in [7, 11) is 0. The smallest absolute Gasteiger partial charge is 0.405 e. The molecule has 6 rings (SSSR count). The van der Waals surface area contributed by atoms with Gasteiger partial charge >= 0.3 is 6.18 Å². The van der Waals surface area contributed by atoms with E-state index in [0.29, 0.717) is 19.4 Å². The molecule has 2 aromatic heterocycles. The summed E-state index contributed by atoms with van der Waals surface area (Å²) in [5, 5.41) is 26.2. The Morgan fingerprint density at radius 1 is 1.00 bits per heavy atom. The van der Waals surface area contributed by atoms with Gasteiger partial charge in [0.1, 0.15) is 29.4 Å². The Balaban J connectivity index is 0.000000303. The molecule has 1 fully saturated rings. The number of ether oxygens (including phenoxy) is 1. The third-order valence-electron chi connectivity index (χ3n) is 9.44. The molecule has 1 unspecified atom stereocenters. The van der Waals surface area contributed by atoms with Crippen molar-refractivity contribution in [2.45, 2.75) is 76.9 Å². The number of benzene rings is 2. The fourth-order valence-electron chi connectivity index (χ4n) is 6.57. The van der Waals surface area contributed by atoms with E-state index in [1.807, 2.05) is 54.7 Å². The van der Waals surface area contributed by atoms with Crippen LogP contribution in [-0.2, 0) is 28.0 Å². The molecule has 55 heavy (non-hydrogen) atoms. The van der Waals surface area contributed by atoms with Crippen LogP contribution < -0.4 is 15.4 Å². The van der Waals surface area contributed by atoms with Gasteiger partial charge in [0.2, 0.25) is 12.3 Å². The number of nitrogens with one attached hydrogen (secondary N) is 2. The zero-order valence-corrected chi connectivity index (χ0v) is 32.0.